The second-order valence-corrected chi connectivity index (χ2v) is 9.90. The number of nitrogens with zero attached hydrogens (tertiary/aromatic N) is 3. The van der Waals surface area contributed by atoms with Gasteiger partial charge in [0.05, 0.1) is 30.3 Å². The Balaban J connectivity index is 1.47. The number of hydrogen-bond acceptors (Lipinski definition) is 6. The maximum Gasteiger partial charge on any atom is 0.263 e. The van der Waals surface area contributed by atoms with Crippen molar-refractivity contribution in [1.82, 2.24) is 25.2 Å². The molecule has 3 aromatic rings. The van der Waals surface area contributed by atoms with E-state index in [4.69, 9.17) is 4.74 Å². The van der Waals surface area contributed by atoms with Gasteiger partial charge in [0.25, 0.3) is 18.2 Å². The zero-order chi connectivity index (χ0) is 27.1. The molecule has 1 aromatic carbocycles. The molecule has 0 spiro atoms. The molecule has 3 atom stereocenters. The van der Waals surface area contributed by atoms with E-state index in [9.17, 15) is 27.9 Å². The number of nitrogens with one attached hydrogen (secondary N) is 2. The van der Waals surface area contributed by atoms with Gasteiger partial charge in [-0.2, -0.15) is 0 Å². The Morgan fingerprint density at radius 3 is 2.71 bits per heavy atom. The number of amides is 2. The van der Waals surface area contributed by atoms with Crippen LogP contribution in [0.3, 0.4) is 0 Å². The van der Waals surface area contributed by atoms with Crippen LogP contribution in [0.2, 0.25) is 0 Å². The summed E-state index contributed by atoms with van der Waals surface area (Å²) in [6.45, 7) is 3.09. The van der Waals surface area contributed by atoms with Crippen molar-refractivity contribution in [3.63, 3.8) is 0 Å². The van der Waals surface area contributed by atoms with Crippen LogP contribution in [0.25, 0.3) is 22.3 Å². The van der Waals surface area contributed by atoms with E-state index in [1.807, 2.05) is 0 Å². The van der Waals surface area contributed by atoms with Gasteiger partial charge in [0.2, 0.25) is 0 Å². The predicted molar refractivity (Wildman–Crippen MR) is 132 cm³/mol. The van der Waals surface area contributed by atoms with Gasteiger partial charge in [0.1, 0.15) is 35.6 Å². The highest BCUT2D eigenvalue weighted by Gasteiger charge is 2.38. The highest BCUT2D eigenvalue weighted by molar-refractivity contribution is 6.09. The lowest BCUT2D eigenvalue weighted by atomic mass is 10.0. The molecule has 2 amide bonds. The summed E-state index contributed by atoms with van der Waals surface area (Å²) in [5.74, 6) is -0.388. The Bertz CT molecular complexity index is 1370. The maximum absolute atomic E-state index is 14.6. The fraction of sp³-hybridized carbons (Fsp3) is 0.462. The summed E-state index contributed by atoms with van der Waals surface area (Å²) in [4.78, 5) is 38.2. The highest BCUT2D eigenvalue weighted by atomic mass is 19.3. The quantitative estimate of drug-likeness (QED) is 0.410. The van der Waals surface area contributed by atoms with Crippen LogP contribution in [0.5, 0.6) is 5.75 Å². The number of hydrogen-bond donors (Lipinski definition) is 3. The third-order valence-corrected chi connectivity index (χ3v) is 6.91. The van der Waals surface area contributed by atoms with Crippen LogP contribution in [-0.2, 0) is 4.79 Å². The fourth-order valence-corrected chi connectivity index (χ4v) is 4.67. The molecule has 12 heteroatoms. The van der Waals surface area contributed by atoms with Gasteiger partial charge in [-0.05, 0) is 50.8 Å². The van der Waals surface area contributed by atoms with Crippen LogP contribution in [0.15, 0.2) is 24.5 Å². The van der Waals surface area contributed by atoms with Gasteiger partial charge >= 0.3 is 0 Å². The molecule has 9 nitrogen and oxygen atoms in total. The molecular formula is C26H28F3N5O4. The van der Waals surface area contributed by atoms with Crippen molar-refractivity contribution in [1.29, 1.82) is 0 Å². The van der Waals surface area contributed by atoms with Gasteiger partial charge in [-0.3, -0.25) is 9.59 Å². The zero-order valence-electron chi connectivity index (χ0n) is 20.9. The maximum atomic E-state index is 14.6. The van der Waals surface area contributed by atoms with Gasteiger partial charge in [-0.25, -0.2) is 23.1 Å². The number of H-pyrrole nitrogens is 1. The molecule has 1 aliphatic carbocycles. The fourth-order valence-electron chi connectivity index (χ4n) is 4.67. The first-order chi connectivity index (χ1) is 18.1. The van der Waals surface area contributed by atoms with Gasteiger partial charge in [-0.1, -0.05) is 0 Å². The van der Waals surface area contributed by atoms with E-state index >= 15 is 0 Å². The number of aryl methyl sites for hydroxylation is 1. The third kappa shape index (κ3) is 5.04. The molecule has 1 saturated heterocycles. The molecule has 2 aromatic heterocycles. The summed E-state index contributed by atoms with van der Waals surface area (Å²) in [6.07, 6.45) is -2.14. The summed E-state index contributed by atoms with van der Waals surface area (Å²) >= 11 is 0. The number of halogens is 3. The SMILES string of the molecule is Cc1[nH]c2c(-c3cc(C(F)F)ccc3OCC3CC3)ncnc2c1C(=O)N[C@@H]1CN(C(=O)[C@H](C)O)C[C@@H]1F. The smallest absolute Gasteiger partial charge is 0.263 e. The van der Waals surface area contributed by atoms with E-state index in [1.54, 1.807) is 6.92 Å². The first kappa shape index (κ1) is 26.0. The molecule has 5 rings (SSSR count). The molecule has 202 valence electrons. The van der Waals surface area contributed by atoms with Gasteiger partial charge < -0.3 is 25.0 Å². The normalized spacial score (nSPS) is 20.2. The van der Waals surface area contributed by atoms with Gasteiger partial charge in [0.15, 0.2) is 0 Å². The first-order valence-electron chi connectivity index (χ1n) is 12.4. The molecule has 38 heavy (non-hydrogen) atoms. The number of carbonyl (C=O) groups excluding carboxylic acids is 2. The average molecular weight is 532 g/mol. The molecule has 0 bridgehead atoms. The molecule has 1 aliphatic heterocycles. The molecule has 1 saturated carbocycles. The minimum Gasteiger partial charge on any atom is -0.493 e. The van der Waals surface area contributed by atoms with E-state index < -0.39 is 36.6 Å². The van der Waals surface area contributed by atoms with Crippen molar-refractivity contribution in [2.75, 3.05) is 19.7 Å². The van der Waals surface area contributed by atoms with E-state index in [-0.39, 0.29) is 29.7 Å². The van der Waals surface area contributed by atoms with Crippen LogP contribution in [-0.4, -0.2) is 74.8 Å². The lowest BCUT2D eigenvalue weighted by molar-refractivity contribution is -0.138. The number of rotatable bonds is 8. The number of benzene rings is 1. The Morgan fingerprint density at radius 2 is 2.03 bits per heavy atom. The number of aliphatic hydroxyl groups is 1. The van der Waals surface area contributed by atoms with Crippen molar-refractivity contribution >= 4 is 22.8 Å². The van der Waals surface area contributed by atoms with Crippen LogP contribution < -0.4 is 10.1 Å². The summed E-state index contributed by atoms with van der Waals surface area (Å²) in [6, 6.07) is 3.16. The summed E-state index contributed by atoms with van der Waals surface area (Å²) in [7, 11) is 0. The number of likely N-dealkylation sites (tertiary alicyclic amines) is 1. The van der Waals surface area contributed by atoms with Crippen LogP contribution >= 0.6 is 0 Å². The zero-order valence-corrected chi connectivity index (χ0v) is 20.9. The molecule has 3 heterocycles. The van der Waals surface area contributed by atoms with E-state index in [0.717, 1.165) is 12.8 Å². The minimum absolute atomic E-state index is 0.0829. The Kier molecular flexibility index (Phi) is 6.99. The number of aromatic nitrogens is 3. The van der Waals surface area contributed by atoms with Crippen LogP contribution in [0.1, 0.15) is 47.8 Å². The van der Waals surface area contributed by atoms with Crippen molar-refractivity contribution in [3.05, 3.63) is 41.3 Å². The number of aliphatic hydroxyl groups excluding tert-OH is 1. The standard InChI is InChI=1S/C26H28F3N5O4/c1-12-20(25(36)33-18-9-34(8-17(18)27)26(37)13(2)35)22-23(32-12)21(30-11-31-22)16-7-15(24(28)29)5-6-19(16)38-10-14-3-4-14/h5-7,11,13-14,17-18,24,32,35H,3-4,8-10H2,1-2H3,(H,33,36)/t13-,17-,18+/m0/s1. The molecular weight excluding hydrogens is 503 g/mol. The average Bonchev–Trinajstić information content (AvgIpc) is 3.55. The second-order valence-electron chi connectivity index (χ2n) is 9.90. The first-order valence-corrected chi connectivity index (χ1v) is 12.4. The summed E-state index contributed by atoms with van der Waals surface area (Å²) in [5, 5.41) is 12.1. The highest BCUT2D eigenvalue weighted by Crippen LogP contribution is 2.38. The second kappa shape index (κ2) is 10.2. The number of aromatic amines is 1. The molecule has 2 aliphatic rings. The Labute approximate surface area is 216 Å². The molecule has 0 unspecified atom stereocenters. The van der Waals surface area contributed by atoms with Crippen molar-refractivity contribution in [2.24, 2.45) is 5.92 Å². The number of carbonyl (C=O) groups is 2. The van der Waals surface area contributed by atoms with Gasteiger partial charge in [-0.15, -0.1) is 0 Å². The molecule has 2 fully saturated rings. The predicted octanol–water partition coefficient (Wildman–Crippen LogP) is 3.32. The van der Waals surface area contributed by atoms with Crippen LogP contribution in [0, 0.1) is 12.8 Å². The minimum atomic E-state index is -2.70. The van der Waals surface area contributed by atoms with E-state index in [2.05, 4.69) is 20.3 Å². The number of ether oxygens (including phenoxy) is 1. The van der Waals surface area contributed by atoms with Gasteiger partial charge in [0, 0.05) is 23.4 Å². The van der Waals surface area contributed by atoms with Crippen LogP contribution in [0.4, 0.5) is 13.2 Å². The molecule has 0 radical (unpaired) electrons. The third-order valence-electron chi connectivity index (χ3n) is 6.91. The molecule has 3 N–H and O–H groups in total. The van der Waals surface area contributed by atoms with Crippen molar-refractivity contribution in [2.45, 2.75) is 51.4 Å². The summed E-state index contributed by atoms with van der Waals surface area (Å²) < 4.78 is 47.7. The number of fused-ring (bicyclic) bond motifs is 1. The largest absolute Gasteiger partial charge is 0.493 e. The van der Waals surface area contributed by atoms with Crippen molar-refractivity contribution < 1.29 is 32.6 Å². The topological polar surface area (TPSA) is 120 Å². The Morgan fingerprint density at radius 1 is 1.26 bits per heavy atom. The van der Waals surface area contributed by atoms with E-state index in [0.29, 0.717) is 40.7 Å². The number of alkyl halides is 3. The monoisotopic (exact) mass is 531 g/mol. The lowest BCUT2D eigenvalue weighted by Crippen LogP contribution is -2.42. The lowest BCUT2D eigenvalue weighted by Gasteiger charge is -2.18. The van der Waals surface area contributed by atoms with E-state index in [1.165, 1.54) is 36.4 Å². The van der Waals surface area contributed by atoms with Crippen molar-refractivity contribution in [3.8, 4) is 17.0 Å². The summed E-state index contributed by atoms with van der Waals surface area (Å²) in [5.41, 5.74) is 1.62. The Hall–Kier alpha value is -3.67.